The first kappa shape index (κ1) is 27.4. The van der Waals surface area contributed by atoms with Gasteiger partial charge in [0.05, 0.1) is 0 Å². The van der Waals surface area contributed by atoms with Crippen LogP contribution in [0.4, 0.5) is 11.4 Å². The third-order valence-corrected chi connectivity index (χ3v) is 9.78. The molecule has 0 atom stereocenters. The molecule has 7 aromatic carbocycles. The van der Waals surface area contributed by atoms with Crippen molar-refractivity contribution in [2.45, 2.75) is 38.5 Å². The molecule has 0 saturated carbocycles. The second kappa shape index (κ2) is 11.1. The van der Waals surface area contributed by atoms with Crippen molar-refractivity contribution >= 4 is 32.9 Å². The lowest BCUT2D eigenvalue weighted by Crippen LogP contribution is -2.15. The summed E-state index contributed by atoms with van der Waals surface area (Å²) >= 11 is 0. The minimum atomic E-state index is -0.0584. The molecular weight excluding hydrogens is 542 g/mol. The van der Waals surface area contributed by atoms with Gasteiger partial charge in [-0.3, -0.25) is 0 Å². The Morgan fingerprint density at radius 2 is 1.09 bits per heavy atom. The van der Waals surface area contributed by atoms with E-state index < -0.39 is 0 Å². The molecule has 0 amide bonds. The Balaban J connectivity index is 1.01. The number of rotatable bonds is 7. The minimum Gasteiger partial charge on any atom is -0.355 e. The third-order valence-electron chi connectivity index (χ3n) is 9.78. The standard InChI is InChI=1S/C44H37N/c1-44(2)41-27-31(12-10-11-30-19-22-33(23-20-30)32-13-4-3-5-14-32)21-25-38(41)39-26-24-35(29-42(39)44)45-43-28-34-15-6-7-16-36(34)37-17-8-9-18-40(37)43/h3-9,13-29,45H,10-12H2,1-2H3. The molecule has 1 aliphatic carbocycles. The average molecular weight is 580 g/mol. The Labute approximate surface area is 266 Å². The smallest absolute Gasteiger partial charge is 0.0470 e. The van der Waals surface area contributed by atoms with Gasteiger partial charge < -0.3 is 5.32 Å². The molecule has 1 N–H and O–H groups in total. The van der Waals surface area contributed by atoms with E-state index in [9.17, 15) is 0 Å². The molecule has 1 nitrogen and oxygen atoms in total. The Bertz CT molecular complexity index is 2170. The van der Waals surface area contributed by atoms with Crippen LogP contribution in [-0.2, 0) is 18.3 Å². The van der Waals surface area contributed by atoms with Gasteiger partial charge >= 0.3 is 0 Å². The molecule has 8 rings (SSSR count). The normalized spacial score (nSPS) is 13.1. The van der Waals surface area contributed by atoms with Gasteiger partial charge in [-0.15, -0.1) is 0 Å². The number of aryl methyl sites for hydroxylation is 2. The first-order valence-corrected chi connectivity index (χ1v) is 16.1. The summed E-state index contributed by atoms with van der Waals surface area (Å²) in [5.74, 6) is 0. The van der Waals surface area contributed by atoms with Crippen molar-refractivity contribution in [3.63, 3.8) is 0 Å². The molecule has 0 fully saturated rings. The van der Waals surface area contributed by atoms with Crippen molar-refractivity contribution in [3.05, 3.63) is 168 Å². The Morgan fingerprint density at radius 3 is 1.89 bits per heavy atom. The summed E-state index contributed by atoms with van der Waals surface area (Å²) in [5.41, 5.74) is 13.2. The molecule has 0 unspecified atom stereocenters. The second-order valence-corrected chi connectivity index (χ2v) is 13.0. The van der Waals surface area contributed by atoms with Crippen LogP contribution in [0.5, 0.6) is 0 Å². The van der Waals surface area contributed by atoms with Gasteiger partial charge in [-0.05, 0) is 98.1 Å². The van der Waals surface area contributed by atoms with Crippen molar-refractivity contribution in [2.24, 2.45) is 0 Å². The lowest BCUT2D eigenvalue weighted by atomic mass is 9.81. The first-order chi connectivity index (χ1) is 22.0. The SMILES string of the molecule is CC1(C)c2cc(CCCc3ccc(-c4ccccc4)cc3)ccc2-c2ccc(Nc3cc4ccccc4c4ccccc34)cc21. The number of nitrogens with one attached hydrogen (secondary N) is 1. The molecule has 0 radical (unpaired) electrons. The highest BCUT2D eigenvalue weighted by atomic mass is 14.9. The van der Waals surface area contributed by atoms with E-state index in [1.165, 1.54) is 66.1 Å². The van der Waals surface area contributed by atoms with Crippen LogP contribution in [0.3, 0.4) is 0 Å². The van der Waals surface area contributed by atoms with E-state index in [1.807, 2.05) is 0 Å². The van der Waals surface area contributed by atoms with Crippen LogP contribution >= 0.6 is 0 Å². The molecule has 1 aliphatic rings. The van der Waals surface area contributed by atoms with Gasteiger partial charge in [0.25, 0.3) is 0 Å². The lowest BCUT2D eigenvalue weighted by molar-refractivity contribution is 0.658. The molecule has 1 heteroatoms. The molecule has 0 heterocycles. The molecule has 45 heavy (non-hydrogen) atoms. The number of hydrogen-bond acceptors (Lipinski definition) is 1. The van der Waals surface area contributed by atoms with Gasteiger partial charge in [-0.2, -0.15) is 0 Å². The summed E-state index contributed by atoms with van der Waals surface area (Å²) in [5, 5.41) is 8.87. The first-order valence-electron chi connectivity index (χ1n) is 16.1. The van der Waals surface area contributed by atoms with E-state index in [2.05, 4.69) is 165 Å². The maximum absolute atomic E-state index is 3.80. The van der Waals surface area contributed by atoms with Crippen LogP contribution in [0.15, 0.2) is 146 Å². The van der Waals surface area contributed by atoms with Crippen LogP contribution in [-0.4, -0.2) is 0 Å². The summed E-state index contributed by atoms with van der Waals surface area (Å²) in [7, 11) is 0. The van der Waals surface area contributed by atoms with E-state index >= 15 is 0 Å². The Morgan fingerprint density at radius 1 is 0.489 bits per heavy atom. The Hall–Kier alpha value is -5.14. The van der Waals surface area contributed by atoms with Gasteiger partial charge in [0.15, 0.2) is 0 Å². The maximum atomic E-state index is 3.80. The van der Waals surface area contributed by atoms with Crippen molar-refractivity contribution < 1.29 is 0 Å². The number of fused-ring (bicyclic) bond motifs is 6. The van der Waals surface area contributed by atoms with E-state index in [0.717, 1.165) is 30.6 Å². The highest BCUT2D eigenvalue weighted by Crippen LogP contribution is 2.50. The molecule has 0 bridgehead atoms. The summed E-state index contributed by atoms with van der Waals surface area (Å²) in [6.45, 7) is 4.76. The fourth-order valence-corrected chi connectivity index (χ4v) is 7.32. The van der Waals surface area contributed by atoms with Gasteiger partial charge in [0.1, 0.15) is 0 Å². The van der Waals surface area contributed by atoms with E-state index in [4.69, 9.17) is 0 Å². The monoisotopic (exact) mass is 579 g/mol. The second-order valence-electron chi connectivity index (χ2n) is 13.0. The molecule has 0 saturated heterocycles. The van der Waals surface area contributed by atoms with Crippen LogP contribution in [0.1, 0.15) is 42.5 Å². The van der Waals surface area contributed by atoms with Gasteiger partial charge in [0, 0.05) is 22.2 Å². The predicted octanol–water partition coefficient (Wildman–Crippen LogP) is 11.9. The van der Waals surface area contributed by atoms with Gasteiger partial charge in [-0.1, -0.05) is 141 Å². The zero-order valence-electron chi connectivity index (χ0n) is 26.0. The van der Waals surface area contributed by atoms with E-state index in [-0.39, 0.29) is 5.41 Å². The average Bonchev–Trinajstić information content (AvgIpc) is 3.31. The number of hydrogen-bond donors (Lipinski definition) is 1. The number of benzene rings is 7. The van der Waals surface area contributed by atoms with Gasteiger partial charge in [0.2, 0.25) is 0 Å². The van der Waals surface area contributed by atoms with Crippen LogP contribution in [0, 0.1) is 0 Å². The zero-order chi connectivity index (χ0) is 30.4. The fraction of sp³-hybridized carbons (Fsp3) is 0.136. The molecule has 0 aromatic heterocycles. The van der Waals surface area contributed by atoms with Crippen molar-refractivity contribution in [1.82, 2.24) is 0 Å². The molecule has 218 valence electrons. The van der Waals surface area contributed by atoms with Crippen molar-refractivity contribution in [2.75, 3.05) is 5.32 Å². The highest BCUT2D eigenvalue weighted by molar-refractivity contribution is 6.13. The van der Waals surface area contributed by atoms with Crippen molar-refractivity contribution in [3.8, 4) is 22.3 Å². The quantitative estimate of drug-likeness (QED) is 0.185. The highest BCUT2D eigenvalue weighted by Gasteiger charge is 2.35. The number of anilines is 2. The molecule has 0 aliphatic heterocycles. The zero-order valence-corrected chi connectivity index (χ0v) is 26.0. The van der Waals surface area contributed by atoms with Crippen LogP contribution in [0.25, 0.3) is 43.8 Å². The Kier molecular flexibility index (Phi) is 6.76. The molecule has 0 spiro atoms. The summed E-state index contributed by atoms with van der Waals surface area (Å²) in [6.07, 6.45) is 3.32. The lowest BCUT2D eigenvalue weighted by Gasteiger charge is -2.23. The fourth-order valence-electron chi connectivity index (χ4n) is 7.32. The summed E-state index contributed by atoms with van der Waals surface area (Å²) in [4.78, 5) is 0. The van der Waals surface area contributed by atoms with E-state index in [1.54, 1.807) is 0 Å². The minimum absolute atomic E-state index is 0.0584. The molecular formula is C44H37N. The molecule has 7 aromatic rings. The van der Waals surface area contributed by atoms with Crippen LogP contribution in [0.2, 0.25) is 0 Å². The summed E-state index contributed by atoms with van der Waals surface area (Å²) < 4.78 is 0. The summed E-state index contributed by atoms with van der Waals surface area (Å²) in [6, 6.07) is 53.5. The predicted molar refractivity (Wildman–Crippen MR) is 193 cm³/mol. The van der Waals surface area contributed by atoms with E-state index in [0.29, 0.717) is 0 Å². The van der Waals surface area contributed by atoms with Gasteiger partial charge in [-0.25, -0.2) is 0 Å². The largest absolute Gasteiger partial charge is 0.355 e. The van der Waals surface area contributed by atoms with Crippen LogP contribution < -0.4 is 5.32 Å². The van der Waals surface area contributed by atoms with Crippen molar-refractivity contribution in [1.29, 1.82) is 0 Å². The maximum Gasteiger partial charge on any atom is 0.0470 e. The third kappa shape index (κ3) is 4.99. The topological polar surface area (TPSA) is 12.0 Å².